The Balaban J connectivity index is 1.67. The van der Waals surface area contributed by atoms with Gasteiger partial charge in [0.25, 0.3) is 11.5 Å². The number of nitrogens with two attached hydrogens (primary N) is 1. The van der Waals surface area contributed by atoms with Crippen LogP contribution in [0.5, 0.6) is 0 Å². The van der Waals surface area contributed by atoms with Crippen molar-refractivity contribution in [2.24, 2.45) is 5.14 Å². The molecule has 0 bridgehead atoms. The number of hydrogen-bond donors (Lipinski definition) is 3. The summed E-state index contributed by atoms with van der Waals surface area (Å²) in [7, 11) is -3.75. The van der Waals surface area contributed by atoms with Crippen molar-refractivity contribution in [1.29, 1.82) is 0 Å². The molecule has 140 valence electrons. The molecule has 0 aliphatic heterocycles. The molecule has 0 aliphatic carbocycles. The van der Waals surface area contributed by atoms with Crippen LogP contribution in [-0.2, 0) is 16.4 Å². The maximum atomic E-state index is 13.2. The van der Waals surface area contributed by atoms with Gasteiger partial charge in [0.15, 0.2) is 0 Å². The molecule has 3 rings (SSSR count). The summed E-state index contributed by atoms with van der Waals surface area (Å²) in [5.41, 5.74) is 0.430. The van der Waals surface area contributed by atoms with Gasteiger partial charge in [-0.25, -0.2) is 17.9 Å². The molecule has 0 unspecified atom stereocenters. The Kier molecular flexibility index (Phi) is 5.06. The number of aromatic amines is 1. The molecule has 0 atom stereocenters. The fraction of sp³-hybridized carbons (Fsp3) is 0.111. The van der Waals surface area contributed by atoms with Crippen molar-refractivity contribution in [1.82, 2.24) is 10.3 Å². The van der Waals surface area contributed by atoms with Gasteiger partial charge in [-0.3, -0.25) is 9.59 Å². The van der Waals surface area contributed by atoms with Crippen molar-refractivity contribution >= 4 is 26.8 Å². The average Bonchev–Trinajstić information content (AvgIpc) is 2.60. The van der Waals surface area contributed by atoms with Crippen LogP contribution in [0.2, 0.25) is 0 Å². The molecule has 1 heterocycles. The monoisotopic (exact) mass is 389 g/mol. The number of H-pyrrole nitrogens is 1. The Hall–Kier alpha value is -3.04. The summed E-state index contributed by atoms with van der Waals surface area (Å²) in [6, 6.07) is 11.3. The first-order valence-electron chi connectivity index (χ1n) is 7.96. The van der Waals surface area contributed by atoms with Crippen LogP contribution in [0.25, 0.3) is 10.9 Å². The minimum Gasteiger partial charge on any atom is -0.352 e. The number of hydrogen-bond acceptors (Lipinski definition) is 4. The van der Waals surface area contributed by atoms with Gasteiger partial charge in [0.05, 0.1) is 10.4 Å². The third-order valence-electron chi connectivity index (χ3n) is 4.00. The zero-order chi connectivity index (χ0) is 19.6. The van der Waals surface area contributed by atoms with Gasteiger partial charge < -0.3 is 10.3 Å². The van der Waals surface area contributed by atoms with E-state index < -0.39 is 27.3 Å². The Bertz CT molecular complexity index is 1170. The van der Waals surface area contributed by atoms with Crippen LogP contribution in [0.4, 0.5) is 4.39 Å². The highest BCUT2D eigenvalue weighted by molar-refractivity contribution is 7.89. The van der Waals surface area contributed by atoms with Gasteiger partial charge in [-0.15, -0.1) is 0 Å². The summed E-state index contributed by atoms with van der Waals surface area (Å²) in [6.07, 6.45) is 0.438. The Morgan fingerprint density at radius 2 is 1.81 bits per heavy atom. The van der Waals surface area contributed by atoms with E-state index in [0.717, 1.165) is 5.56 Å². The van der Waals surface area contributed by atoms with Crippen molar-refractivity contribution in [2.75, 3.05) is 6.54 Å². The molecule has 0 fully saturated rings. The lowest BCUT2D eigenvalue weighted by Gasteiger charge is -2.07. The largest absolute Gasteiger partial charge is 0.352 e. The molecular weight excluding hydrogens is 373 g/mol. The molecule has 0 spiro atoms. The standard InChI is InChI=1S/C18H16FN3O4S/c19-13-4-3-12-9-15(18(24)22-16(12)10-13)17(23)21-8-7-11-1-5-14(6-2-11)27(20,25)26/h1-6,9-10H,7-8H2,(H,21,23)(H,22,24)(H2,20,25,26). The zero-order valence-electron chi connectivity index (χ0n) is 14.0. The summed E-state index contributed by atoms with van der Waals surface area (Å²) >= 11 is 0. The van der Waals surface area contributed by atoms with E-state index in [9.17, 15) is 22.4 Å². The van der Waals surface area contributed by atoms with E-state index >= 15 is 0 Å². The molecule has 1 aromatic heterocycles. The van der Waals surface area contributed by atoms with E-state index in [0.29, 0.717) is 17.3 Å². The van der Waals surface area contributed by atoms with Gasteiger partial charge in [0.1, 0.15) is 11.4 Å². The number of carbonyl (C=O) groups is 1. The maximum Gasteiger partial charge on any atom is 0.261 e. The lowest BCUT2D eigenvalue weighted by Crippen LogP contribution is -2.31. The van der Waals surface area contributed by atoms with Gasteiger partial charge in [-0.1, -0.05) is 12.1 Å². The number of nitrogens with one attached hydrogen (secondary N) is 2. The van der Waals surface area contributed by atoms with Gasteiger partial charge in [0.2, 0.25) is 10.0 Å². The van der Waals surface area contributed by atoms with Crippen LogP contribution in [0.3, 0.4) is 0 Å². The van der Waals surface area contributed by atoms with Crippen molar-refractivity contribution in [3.63, 3.8) is 0 Å². The summed E-state index contributed by atoms with van der Waals surface area (Å²) in [5.74, 6) is -1.03. The molecule has 7 nitrogen and oxygen atoms in total. The molecule has 2 aromatic carbocycles. The first-order chi connectivity index (χ1) is 12.7. The predicted octanol–water partition coefficient (Wildman–Crippen LogP) is 1.29. The quantitative estimate of drug-likeness (QED) is 0.608. The SMILES string of the molecule is NS(=O)(=O)c1ccc(CCNC(=O)c2cc3ccc(F)cc3[nH]c2=O)cc1. The Morgan fingerprint density at radius 1 is 1.11 bits per heavy atom. The molecule has 9 heteroatoms. The highest BCUT2D eigenvalue weighted by Gasteiger charge is 2.12. The van der Waals surface area contributed by atoms with E-state index in [1.54, 1.807) is 12.1 Å². The average molecular weight is 389 g/mol. The number of benzene rings is 2. The van der Waals surface area contributed by atoms with Crippen molar-refractivity contribution < 1.29 is 17.6 Å². The number of aromatic nitrogens is 1. The van der Waals surface area contributed by atoms with Crippen molar-refractivity contribution in [2.45, 2.75) is 11.3 Å². The summed E-state index contributed by atoms with van der Waals surface area (Å²) in [5, 5.41) is 8.21. The third kappa shape index (κ3) is 4.39. The molecule has 1 amide bonds. The van der Waals surface area contributed by atoms with Crippen LogP contribution < -0.4 is 16.0 Å². The number of primary sulfonamides is 1. The molecule has 3 aromatic rings. The van der Waals surface area contributed by atoms with Crippen molar-refractivity contribution in [3.05, 3.63) is 75.8 Å². The van der Waals surface area contributed by atoms with Gasteiger partial charge >= 0.3 is 0 Å². The second-order valence-corrected chi connectivity index (χ2v) is 7.50. The molecule has 4 N–H and O–H groups in total. The first kappa shape index (κ1) is 18.7. The van der Waals surface area contributed by atoms with Gasteiger partial charge in [-0.2, -0.15) is 0 Å². The van der Waals surface area contributed by atoms with E-state index in [2.05, 4.69) is 10.3 Å². The van der Waals surface area contributed by atoms with Crippen LogP contribution >= 0.6 is 0 Å². The fourth-order valence-corrected chi connectivity index (χ4v) is 3.12. The summed E-state index contributed by atoms with van der Waals surface area (Å²) in [4.78, 5) is 26.8. The summed E-state index contributed by atoms with van der Waals surface area (Å²) in [6.45, 7) is 0.244. The Morgan fingerprint density at radius 3 is 2.48 bits per heavy atom. The predicted molar refractivity (Wildman–Crippen MR) is 98.4 cm³/mol. The van der Waals surface area contributed by atoms with E-state index in [1.165, 1.54) is 36.4 Å². The number of rotatable bonds is 5. The number of sulfonamides is 1. The van der Waals surface area contributed by atoms with Crippen LogP contribution in [0.1, 0.15) is 15.9 Å². The minimum atomic E-state index is -3.75. The fourth-order valence-electron chi connectivity index (χ4n) is 2.60. The first-order valence-corrected chi connectivity index (χ1v) is 9.51. The minimum absolute atomic E-state index is 0.00872. The van der Waals surface area contributed by atoms with Crippen molar-refractivity contribution in [3.8, 4) is 0 Å². The molecule has 27 heavy (non-hydrogen) atoms. The lowest BCUT2D eigenvalue weighted by atomic mass is 10.1. The smallest absolute Gasteiger partial charge is 0.261 e. The molecular formula is C18H16FN3O4S. The molecule has 0 aliphatic rings. The number of fused-ring (bicyclic) bond motifs is 1. The lowest BCUT2D eigenvalue weighted by molar-refractivity contribution is 0.0953. The van der Waals surface area contributed by atoms with Crippen LogP contribution in [-0.4, -0.2) is 25.9 Å². The van der Waals surface area contributed by atoms with Crippen LogP contribution in [0, 0.1) is 5.82 Å². The zero-order valence-corrected chi connectivity index (χ0v) is 14.8. The number of amides is 1. The second kappa shape index (κ2) is 7.29. The molecule has 0 saturated heterocycles. The van der Waals surface area contributed by atoms with Gasteiger partial charge in [-0.05, 0) is 53.8 Å². The Labute approximate surface area is 154 Å². The number of halogens is 1. The third-order valence-corrected chi connectivity index (χ3v) is 4.93. The number of pyridine rings is 1. The van der Waals surface area contributed by atoms with E-state index in [1.807, 2.05) is 0 Å². The number of carbonyl (C=O) groups excluding carboxylic acids is 1. The maximum absolute atomic E-state index is 13.2. The van der Waals surface area contributed by atoms with Gasteiger partial charge in [0, 0.05) is 6.54 Å². The highest BCUT2D eigenvalue weighted by atomic mass is 32.2. The second-order valence-electron chi connectivity index (χ2n) is 5.94. The topological polar surface area (TPSA) is 122 Å². The molecule has 0 radical (unpaired) electrons. The van der Waals surface area contributed by atoms with Crippen LogP contribution in [0.15, 0.2) is 58.2 Å². The molecule has 0 saturated carbocycles. The highest BCUT2D eigenvalue weighted by Crippen LogP contribution is 2.13. The van der Waals surface area contributed by atoms with E-state index in [4.69, 9.17) is 5.14 Å². The summed E-state index contributed by atoms with van der Waals surface area (Å²) < 4.78 is 35.6. The van der Waals surface area contributed by atoms with E-state index in [-0.39, 0.29) is 17.0 Å². The normalized spacial score (nSPS) is 11.5.